The van der Waals surface area contributed by atoms with Gasteiger partial charge in [0.05, 0.1) is 10.5 Å². The number of hydrogen-bond donors (Lipinski definition) is 1. The molecular formula is C13H16N2O4. The smallest absolute Gasteiger partial charge is 0.338 e. The van der Waals surface area contributed by atoms with Gasteiger partial charge in [0.15, 0.2) is 0 Å². The molecule has 0 saturated carbocycles. The van der Waals surface area contributed by atoms with Gasteiger partial charge in [0.2, 0.25) is 0 Å². The van der Waals surface area contributed by atoms with Crippen LogP contribution in [0.2, 0.25) is 0 Å². The van der Waals surface area contributed by atoms with Gasteiger partial charge in [-0.1, -0.05) is 19.4 Å². The van der Waals surface area contributed by atoms with E-state index < -0.39 is 10.9 Å². The maximum atomic E-state index is 11.3. The standard InChI is InChI=1S/C13H16N2O4/c1-2-9-6-7-14(8-9)12-10(13(16)17)4-3-5-11(12)15(18)19/h3-5,9H,2,6-8H2,1H3,(H,16,17). The second-order valence-corrected chi connectivity index (χ2v) is 4.74. The van der Waals surface area contributed by atoms with Gasteiger partial charge in [-0.25, -0.2) is 4.79 Å². The zero-order valence-electron chi connectivity index (χ0n) is 10.7. The number of carboxylic acids is 1. The Morgan fingerprint density at radius 3 is 2.84 bits per heavy atom. The average molecular weight is 264 g/mol. The number of para-hydroxylation sites is 1. The number of anilines is 1. The van der Waals surface area contributed by atoms with E-state index in [-0.39, 0.29) is 16.9 Å². The number of carbonyl (C=O) groups is 1. The maximum Gasteiger partial charge on any atom is 0.338 e. The highest BCUT2D eigenvalue weighted by Crippen LogP contribution is 2.36. The van der Waals surface area contributed by atoms with Crippen molar-refractivity contribution in [2.24, 2.45) is 5.92 Å². The first-order chi connectivity index (χ1) is 9.04. The fourth-order valence-corrected chi connectivity index (χ4v) is 2.55. The predicted octanol–water partition coefficient (Wildman–Crippen LogP) is 2.53. The summed E-state index contributed by atoms with van der Waals surface area (Å²) in [5.41, 5.74) is 0.124. The molecule has 1 saturated heterocycles. The third kappa shape index (κ3) is 2.52. The molecule has 2 rings (SSSR count). The summed E-state index contributed by atoms with van der Waals surface area (Å²) in [7, 11) is 0. The quantitative estimate of drug-likeness (QED) is 0.667. The van der Waals surface area contributed by atoms with Crippen molar-refractivity contribution >= 4 is 17.3 Å². The summed E-state index contributed by atoms with van der Waals surface area (Å²) in [4.78, 5) is 23.7. The van der Waals surface area contributed by atoms with Gasteiger partial charge in [0.1, 0.15) is 5.69 Å². The van der Waals surface area contributed by atoms with Crippen LogP contribution in [0, 0.1) is 16.0 Å². The zero-order chi connectivity index (χ0) is 14.0. The molecule has 6 nitrogen and oxygen atoms in total. The normalized spacial score (nSPS) is 18.6. The molecule has 1 atom stereocenters. The molecular weight excluding hydrogens is 248 g/mol. The lowest BCUT2D eigenvalue weighted by molar-refractivity contribution is -0.384. The van der Waals surface area contributed by atoms with Crippen LogP contribution in [0.4, 0.5) is 11.4 Å². The number of nitro benzene ring substituents is 1. The first-order valence-electron chi connectivity index (χ1n) is 6.30. The summed E-state index contributed by atoms with van der Waals surface area (Å²) < 4.78 is 0. The molecule has 0 radical (unpaired) electrons. The summed E-state index contributed by atoms with van der Waals surface area (Å²) >= 11 is 0. The van der Waals surface area contributed by atoms with Gasteiger partial charge >= 0.3 is 5.97 Å². The van der Waals surface area contributed by atoms with E-state index in [0.717, 1.165) is 12.8 Å². The van der Waals surface area contributed by atoms with Crippen molar-refractivity contribution in [2.45, 2.75) is 19.8 Å². The molecule has 0 bridgehead atoms. The third-order valence-corrected chi connectivity index (χ3v) is 3.62. The lowest BCUT2D eigenvalue weighted by Gasteiger charge is -2.20. The summed E-state index contributed by atoms with van der Waals surface area (Å²) in [5.74, 6) is -0.653. The molecule has 1 heterocycles. The lowest BCUT2D eigenvalue weighted by Crippen LogP contribution is -2.23. The van der Waals surface area contributed by atoms with Crippen molar-refractivity contribution in [3.05, 3.63) is 33.9 Å². The lowest BCUT2D eigenvalue weighted by atomic mass is 10.1. The number of hydrogen-bond acceptors (Lipinski definition) is 4. The average Bonchev–Trinajstić information content (AvgIpc) is 2.86. The second kappa shape index (κ2) is 5.26. The van der Waals surface area contributed by atoms with Crippen LogP contribution in [0.15, 0.2) is 18.2 Å². The van der Waals surface area contributed by atoms with E-state index in [0.29, 0.717) is 19.0 Å². The molecule has 1 aliphatic rings. The molecule has 1 N–H and O–H groups in total. The molecule has 19 heavy (non-hydrogen) atoms. The Balaban J connectivity index is 2.47. The summed E-state index contributed by atoms with van der Waals surface area (Å²) in [6.45, 7) is 3.43. The number of nitro groups is 1. The highest BCUT2D eigenvalue weighted by molar-refractivity contribution is 5.97. The van der Waals surface area contributed by atoms with Crippen molar-refractivity contribution in [1.29, 1.82) is 0 Å². The minimum absolute atomic E-state index is 0.00551. The van der Waals surface area contributed by atoms with Crippen LogP contribution >= 0.6 is 0 Å². The fraction of sp³-hybridized carbons (Fsp3) is 0.462. The Morgan fingerprint density at radius 1 is 1.58 bits per heavy atom. The minimum Gasteiger partial charge on any atom is -0.478 e. The second-order valence-electron chi connectivity index (χ2n) is 4.74. The Labute approximate surface area is 110 Å². The van der Waals surface area contributed by atoms with Gasteiger partial charge in [0.25, 0.3) is 5.69 Å². The van der Waals surface area contributed by atoms with Crippen LogP contribution in [0.3, 0.4) is 0 Å². The van der Waals surface area contributed by atoms with E-state index in [4.69, 9.17) is 0 Å². The van der Waals surface area contributed by atoms with Crippen molar-refractivity contribution in [1.82, 2.24) is 0 Å². The molecule has 0 aliphatic carbocycles. The zero-order valence-corrected chi connectivity index (χ0v) is 10.7. The van der Waals surface area contributed by atoms with E-state index >= 15 is 0 Å². The molecule has 1 aromatic rings. The molecule has 6 heteroatoms. The van der Waals surface area contributed by atoms with E-state index in [1.165, 1.54) is 18.2 Å². The number of carboxylic acid groups (broad SMARTS) is 1. The minimum atomic E-state index is -1.13. The predicted molar refractivity (Wildman–Crippen MR) is 70.7 cm³/mol. The molecule has 1 aliphatic heterocycles. The first kappa shape index (κ1) is 13.3. The highest BCUT2D eigenvalue weighted by Gasteiger charge is 2.30. The van der Waals surface area contributed by atoms with Crippen molar-refractivity contribution < 1.29 is 14.8 Å². The van der Waals surface area contributed by atoms with Gasteiger partial charge in [-0.05, 0) is 18.4 Å². The number of nitrogens with zero attached hydrogens (tertiary/aromatic N) is 2. The third-order valence-electron chi connectivity index (χ3n) is 3.62. The molecule has 0 aromatic heterocycles. The molecule has 0 amide bonds. The van der Waals surface area contributed by atoms with Crippen LogP contribution in [-0.2, 0) is 0 Å². The first-order valence-corrected chi connectivity index (χ1v) is 6.30. The van der Waals surface area contributed by atoms with Crippen molar-refractivity contribution in [3.63, 3.8) is 0 Å². The van der Waals surface area contributed by atoms with Crippen molar-refractivity contribution in [2.75, 3.05) is 18.0 Å². The molecule has 1 unspecified atom stereocenters. The fourth-order valence-electron chi connectivity index (χ4n) is 2.55. The summed E-state index contributed by atoms with van der Waals surface area (Å²) in [5, 5.41) is 20.3. The highest BCUT2D eigenvalue weighted by atomic mass is 16.6. The van der Waals surface area contributed by atoms with Gasteiger partial charge in [0, 0.05) is 19.2 Å². The number of rotatable bonds is 4. The van der Waals surface area contributed by atoms with Crippen molar-refractivity contribution in [3.8, 4) is 0 Å². The maximum absolute atomic E-state index is 11.3. The Morgan fingerprint density at radius 2 is 2.32 bits per heavy atom. The van der Waals surface area contributed by atoms with Crippen LogP contribution in [0.5, 0.6) is 0 Å². The Bertz CT molecular complexity index is 483. The Hall–Kier alpha value is -2.11. The monoisotopic (exact) mass is 264 g/mol. The summed E-state index contributed by atoms with van der Waals surface area (Å²) in [6.07, 6.45) is 1.95. The van der Waals surface area contributed by atoms with E-state index in [9.17, 15) is 20.0 Å². The molecule has 1 fully saturated rings. The SMILES string of the molecule is CCC1CCN(c2c(C(=O)O)cccc2[N+](=O)[O-])C1. The molecule has 1 aromatic carbocycles. The van der Waals surface area contributed by atoms with Gasteiger partial charge in [-0.15, -0.1) is 0 Å². The van der Waals surface area contributed by atoms with E-state index in [1.807, 2.05) is 4.90 Å². The van der Waals surface area contributed by atoms with E-state index in [2.05, 4.69) is 6.92 Å². The summed E-state index contributed by atoms with van der Waals surface area (Å²) in [6, 6.07) is 4.20. The van der Waals surface area contributed by atoms with Crippen LogP contribution in [-0.4, -0.2) is 29.1 Å². The van der Waals surface area contributed by atoms with Crippen LogP contribution < -0.4 is 4.90 Å². The topological polar surface area (TPSA) is 83.7 Å². The van der Waals surface area contributed by atoms with E-state index in [1.54, 1.807) is 0 Å². The van der Waals surface area contributed by atoms with Gasteiger partial charge in [-0.3, -0.25) is 10.1 Å². The molecule has 102 valence electrons. The van der Waals surface area contributed by atoms with Gasteiger partial charge < -0.3 is 10.0 Å². The van der Waals surface area contributed by atoms with Crippen LogP contribution in [0.1, 0.15) is 30.1 Å². The Kier molecular flexibility index (Phi) is 3.69. The van der Waals surface area contributed by atoms with Gasteiger partial charge in [-0.2, -0.15) is 0 Å². The largest absolute Gasteiger partial charge is 0.478 e. The number of benzene rings is 1. The molecule has 0 spiro atoms. The number of aromatic carboxylic acids is 1. The van der Waals surface area contributed by atoms with Crippen LogP contribution in [0.25, 0.3) is 0 Å².